The zero-order chi connectivity index (χ0) is 19.2. The molecule has 2 rings (SSSR count). The minimum absolute atomic E-state index is 0.369. The lowest BCUT2D eigenvalue weighted by atomic mass is 10.1. The van der Waals surface area contributed by atoms with Crippen LogP contribution in [-0.2, 0) is 22.8 Å². The van der Waals surface area contributed by atoms with Crippen LogP contribution in [0.1, 0.15) is 28.8 Å². The lowest BCUT2D eigenvalue weighted by Gasteiger charge is -2.11. The number of rotatable bonds is 7. The van der Waals surface area contributed by atoms with E-state index in [1.165, 1.54) is 6.26 Å². The lowest BCUT2D eigenvalue weighted by molar-refractivity contribution is 0.601. The Hall–Kier alpha value is -1.93. The number of benzene rings is 1. The molecule has 2 N–H and O–H groups in total. The first kappa shape index (κ1) is 20.4. The second-order valence-electron chi connectivity index (χ2n) is 6.10. The van der Waals surface area contributed by atoms with E-state index in [2.05, 4.69) is 26.0 Å². The van der Waals surface area contributed by atoms with E-state index in [4.69, 9.17) is 0 Å². The summed E-state index contributed by atoms with van der Waals surface area (Å²) in [5, 5.41) is 9.68. The molecule has 2 aromatic rings. The molecule has 0 bridgehead atoms. The third-order valence-electron chi connectivity index (χ3n) is 3.74. The molecule has 1 aromatic heterocycles. The lowest BCUT2D eigenvalue weighted by Crippen LogP contribution is -2.38. The summed E-state index contributed by atoms with van der Waals surface area (Å²) in [5.74, 6) is 0.740. The number of hydrogen-bond donors (Lipinski definition) is 2. The first-order valence-corrected chi connectivity index (χ1v) is 11.3. The minimum Gasteiger partial charge on any atom is -0.357 e. The molecule has 0 fully saturated rings. The number of nitrogens with zero attached hydrogens (tertiary/aromatic N) is 2. The summed E-state index contributed by atoms with van der Waals surface area (Å²) in [5.41, 5.74) is 2.81. The van der Waals surface area contributed by atoms with Crippen molar-refractivity contribution >= 4 is 27.1 Å². The molecule has 142 valence electrons. The number of guanidine groups is 1. The molecule has 26 heavy (non-hydrogen) atoms. The van der Waals surface area contributed by atoms with Crippen molar-refractivity contribution < 1.29 is 8.42 Å². The van der Waals surface area contributed by atoms with Crippen LogP contribution in [0.4, 0.5) is 0 Å². The highest BCUT2D eigenvalue weighted by molar-refractivity contribution is 7.90. The average molecular weight is 395 g/mol. The monoisotopic (exact) mass is 394 g/mol. The van der Waals surface area contributed by atoms with Gasteiger partial charge in [-0.1, -0.05) is 12.1 Å². The largest absolute Gasteiger partial charge is 0.357 e. The predicted molar refractivity (Wildman–Crippen MR) is 108 cm³/mol. The molecule has 0 amide bonds. The van der Waals surface area contributed by atoms with Gasteiger partial charge in [0, 0.05) is 31.1 Å². The fourth-order valence-corrected chi connectivity index (χ4v) is 4.18. The van der Waals surface area contributed by atoms with Crippen molar-refractivity contribution in [3.8, 4) is 0 Å². The Morgan fingerprint density at radius 1 is 1.27 bits per heavy atom. The second-order valence-corrected chi connectivity index (χ2v) is 9.15. The molecule has 6 nitrogen and oxygen atoms in total. The van der Waals surface area contributed by atoms with Crippen molar-refractivity contribution in [2.75, 3.05) is 19.3 Å². The summed E-state index contributed by atoms with van der Waals surface area (Å²) < 4.78 is 23.4. The molecular formula is C18H26N4O2S2. The van der Waals surface area contributed by atoms with Gasteiger partial charge in [-0.3, -0.25) is 0 Å². The Balaban J connectivity index is 1.98. The molecule has 0 spiro atoms. The van der Waals surface area contributed by atoms with E-state index in [0.29, 0.717) is 11.4 Å². The van der Waals surface area contributed by atoms with Crippen molar-refractivity contribution in [2.45, 2.75) is 38.6 Å². The van der Waals surface area contributed by atoms with Crippen LogP contribution in [0, 0.1) is 13.8 Å². The smallest absolute Gasteiger partial charge is 0.191 e. The quantitative estimate of drug-likeness (QED) is 0.557. The Morgan fingerprint density at radius 2 is 2.04 bits per heavy atom. The topological polar surface area (TPSA) is 83.5 Å². The van der Waals surface area contributed by atoms with Crippen LogP contribution in [0.25, 0.3) is 0 Å². The Kier molecular flexibility index (Phi) is 7.16. The maximum absolute atomic E-state index is 11.7. The van der Waals surface area contributed by atoms with E-state index in [1.54, 1.807) is 17.4 Å². The van der Waals surface area contributed by atoms with Gasteiger partial charge in [0.05, 0.1) is 22.1 Å². The summed E-state index contributed by atoms with van der Waals surface area (Å²) in [6.45, 7) is 7.84. The van der Waals surface area contributed by atoms with E-state index in [-0.39, 0.29) is 0 Å². The van der Waals surface area contributed by atoms with E-state index in [1.807, 2.05) is 32.9 Å². The number of sulfone groups is 1. The van der Waals surface area contributed by atoms with Gasteiger partial charge < -0.3 is 10.6 Å². The molecule has 8 heteroatoms. The normalized spacial score (nSPS) is 12.2. The highest BCUT2D eigenvalue weighted by atomic mass is 32.2. The van der Waals surface area contributed by atoms with Crippen molar-refractivity contribution in [3.63, 3.8) is 0 Å². The van der Waals surface area contributed by atoms with Crippen LogP contribution in [0.15, 0.2) is 33.5 Å². The van der Waals surface area contributed by atoms with Crippen LogP contribution in [0.3, 0.4) is 0 Å². The summed E-state index contributed by atoms with van der Waals surface area (Å²) in [6.07, 6.45) is 2.07. The van der Waals surface area contributed by atoms with Crippen LogP contribution in [-0.4, -0.2) is 38.7 Å². The molecule has 0 saturated carbocycles. The molecule has 0 aliphatic carbocycles. The third-order valence-corrected chi connectivity index (χ3v) is 5.82. The van der Waals surface area contributed by atoms with E-state index < -0.39 is 9.84 Å². The molecule has 1 heterocycles. The van der Waals surface area contributed by atoms with Gasteiger partial charge in [-0.25, -0.2) is 18.4 Å². The average Bonchev–Trinajstić information content (AvgIpc) is 2.97. The highest BCUT2D eigenvalue weighted by Crippen LogP contribution is 2.17. The molecule has 0 unspecified atom stereocenters. The Labute approximate surface area is 159 Å². The summed E-state index contributed by atoms with van der Waals surface area (Å²) in [6, 6.07) is 5.34. The fourth-order valence-electron chi connectivity index (χ4n) is 2.57. The highest BCUT2D eigenvalue weighted by Gasteiger charge is 2.10. The van der Waals surface area contributed by atoms with Gasteiger partial charge in [-0.15, -0.1) is 11.3 Å². The molecule has 0 aliphatic heterocycles. The third kappa shape index (κ3) is 6.10. The number of hydrogen-bond acceptors (Lipinski definition) is 5. The first-order valence-electron chi connectivity index (χ1n) is 8.52. The molecular weight excluding hydrogens is 368 g/mol. The maximum Gasteiger partial charge on any atom is 0.191 e. The van der Waals surface area contributed by atoms with E-state index in [9.17, 15) is 8.42 Å². The molecule has 0 saturated heterocycles. The zero-order valence-corrected chi connectivity index (χ0v) is 17.3. The summed E-state index contributed by atoms with van der Waals surface area (Å²) in [7, 11) is -3.19. The minimum atomic E-state index is -3.19. The number of aromatic nitrogens is 1. The van der Waals surface area contributed by atoms with Crippen molar-refractivity contribution in [2.24, 2.45) is 4.99 Å². The van der Waals surface area contributed by atoms with Gasteiger partial charge in [0.25, 0.3) is 0 Å². The zero-order valence-electron chi connectivity index (χ0n) is 15.7. The van der Waals surface area contributed by atoms with Crippen LogP contribution < -0.4 is 10.6 Å². The standard InChI is InChI=1S/C18H26N4O2S2/c1-5-19-18(20-9-8-16-12-25-14(3)22-16)21-11-15-6-7-17(13(2)10-15)26(4,23)24/h6-7,10,12H,5,8-9,11H2,1-4H3,(H2,19,20,21). The molecule has 0 atom stereocenters. The molecule has 0 aliphatic rings. The van der Waals surface area contributed by atoms with Gasteiger partial charge >= 0.3 is 0 Å². The van der Waals surface area contributed by atoms with Gasteiger partial charge in [-0.05, 0) is 38.0 Å². The van der Waals surface area contributed by atoms with Gasteiger partial charge in [0.2, 0.25) is 0 Å². The fraction of sp³-hybridized carbons (Fsp3) is 0.444. The summed E-state index contributed by atoms with van der Waals surface area (Å²) in [4.78, 5) is 9.40. The van der Waals surface area contributed by atoms with Crippen molar-refractivity contribution in [3.05, 3.63) is 45.4 Å². The van der Waals surface area contributed by atoms with Gasteiger partial charge in [-0.2, -0.15) is 0 Å². The van der Waals surface area contributed by atoms with Crippen LogP contribution in [0.2, 0.25) is 0 Å². The summed E-state index contributed by atoms with van der Waals surface area (Å²) >= 11 is 1.66. The number of aliphatic imine (C=N–C) groups is 1. The number of aryl methyl sites for hydroxylation is 2. The van der Waals surface area contributed by atoms with Crippen molar-refractivity contribution in [1.29, 1.82) is 0 Å². The van der Waals surface area contributed by atoms with Gasteiger partial charge in [0.15, 0.2) is 15.8 Å². The van der Waals surface area contributed by atoms with Crippen LogP contribution in [0.5, 0.6) is 0 Å². The van der Waals surface area contributed by atoms with Gasteiger partial charge in [0.1, 0.15) is 0 Å². The SMILES string of the molecule is CCNC(=NCc1ccc(S(C)(=O)=O)c(C)c1)NCCc1csc(C)n1. The predicted octanol–water partition coefficient (Wildman–Crippen LogP) is 2.46. The Bertz CT molecular complexity index is 873. The van der Waals surface area contributed by atoms with Crippen molar-refractivity contribution in [1.82, 2.24) is 15.6 Å². The molecule has 1 aromatic carbocycles. The van der Waals surface area contributed by atoms with Crippen LogP contribution >= 0.6 is 11.3 Å². The molecule has 0 radical (unpaired) electrons. The second kappa shape index (κ2) is 9.14. The van der Waals surface area contributed by atoms with E-state index >= 15 is 0 Å². The first-order chi connectivity index (χ1) is 12.3. The number of thiazole rings is 1. The number of nitrogens with one attached hydrogen (secondary N) is 2. The Morgan fingerprint density at radius 3 is 2.62 bits per heavy atom. The maximum atomic E-state index is 11.7. The van der Waals surface area contributed by atoms with E-state index in [0.717, 1.165) is 47.3 Å².